The maximum atomic E-state index is 4.14. The highest BCUT2D eigenvalue weighted by molar-refractivity contribution is 7.97. The van der Waals surface area contributed by atoms with Crippen molar-refractivity contribution >= 4 is 29.1 Å². The minimum absolute atomic E-state index is 1.59. The normalized spacial score (nSPS) is 5.00. The number of nitrogens with zero attached hydrogens (tertiary/aromatic N) is 1. The van der Waals surface area contributed by atoms with E-state index in [4.69, 9.17) is 0 Å². The van der Waals surface area contributed by atoms with Crippen molar-refractivity contribution in [2.24, 2.45) is 4.99 Å². The van der Waals surface area contributed by atoms with Gasteiger partial charge in [0.15, 0.2) is 0 Å². The maximum absolute atomic E-state index is 4.14. The molecular weight excluding hydrogens is 126 g/mol. The lowest BCUT2D eigenvalue weighted by Crippen LogP contribution is -1.33. The lowest BCUT2D eigenvalue weighted by molar-refractivity contribution is 1.49. The molecule has 0 heterocycles. The van der Waals surface area contributed by atoms with Crippen LogP contribution < -0.4 is 0 Å². The summed E-state index contributed by atoms with van der Waals surface area (Å²) in [7, 11) is 1.59. The number of hydrogen-bond donors (Lipinski definition) is 0. The van der Waals surface area contributed by atoms with Crippen molar-refractivity contribution in [3.05, 3.63) is 0 Å². The maximum Gasteiger partial charge on any atom is 0.0582 e. The molecule has 0 unspecified atom stereocenters. The second-order valence-corrected chi connectivity index (χ2v) is 1.72. The Hall–Kier alpha value is 0.150. The van der Waals surface area contributed by atoms with E-state index in [0.717, 1.165) is 0 Å². The van der Waals surface area contributed by atoms with Gasteiger partial charge < -0.3 is 0 Å². The second kappa shape index (κ2) is 16.4. The standard InChI is InChI=1S/C2H3NS.C2H6S/c1-3-2-4;1-3-2/h1H3;1-2H3. The molecule has 42 valence electrons. The molecule has 0 saturated heterocycles. The molecule has 0 amide bonds. The smallest absolute Gasteiger partial charge is 0.0582 e. The molecule has 0 spiro atoms. The summed E-state index contributed by atoms with van der Waals surface area (Å²) in [5, 5.41) is 2.14. The Morgan fingerprint density at radius 3 is 1.71 bits per heavy atom. The Labute approximate surface area is 54.2 Å². The number of rotatable bonds is 0. The summed E-state index contributed by atoms with van der Waals surface area (Å²) in [5.41, 5.74) is 0. The first-order valence-electron chi connectivity index (χ1n) is 1.69. The molecule has 0 aliphatic heterocycles. The Morgan fingerprint density at radius 2 is 1.71 bits per heavy atom. The molecular formula is C4H9NS2. The van der Waals surface area contributed by atoms with Gasteiger partial charge in [-0.1, -0.05) is 0 Å². The first kappa shape index (κ1) is 10.2. The molecule has 0 N–H and O–H groups in total. The van der Waals surface area contributed by atoms with Crippen molar-refractivity contribution in [2.75, 3.05) is 19.6 Å². The van der Waals surface area contributed by atoms with E-state index >= 15 is 0 Å². The number of aliphatic imine (C=N–C) groups is 1. The van der Waals surface area contributed by atoms with E-state index in [1.54, 1.807) is 18.8 Å². The Morgan fingerprint density at radius 1 is 1.57 bits per heavy atom. The Balaban J connectivity index is 0. The molecule has 0 saturated carbocycles. The van der Waals surface area contributed by atoms with Crippen LogP contribution in [0.2, 0.25) is 0 Å². The molecule has 7 heavy (non-hydrogen) atoms. The minimum atomic E-state index is 1.59. The quantitative estimate of drug-likeness (QED) is 0.370. The van der Waals surface area contributed by atoms with Crippen molar-refractivity contribution in [3.8, 4) is 0 Å². The van der Waals surface area contributed by atoms with E-state index < -0.39 is 0 Å². The van der Waals surface area contributed by atoms with Crippen LogP contribution in [0.1, 0.15) is 0 Å². The zero-order valence-electron chi connectivity index (χ0n) is 4.76. The molecule has 0 aliphatic carbocycles. The fourth-order valence-corrected chi connectivity index (χ4v) is 0. The lowest BCUT2D eigenvalue weighted by atomic mass is 11.4. The zero-order valence-corrected chi connectivity index (χ0v) is 6.40. The summed E-state index contributed by atoms with van der Waals surface area (Å²) < 4.78 is 0. The van der Waals surface area contributed by atoms with E-state index in [0.29, 0.717) is 0 Å². The molecule has 0 aromatic heterocycles. The van der Waals surface area contributed by atoms with Gasteiger partial charge in [-0.25, -0.2) is 4.99 Å². The van der Waals surface area contributed by atoms with Crippen molar-refractivity contribution in [3.63, 3.8) is 0 Å². The highest BCUT2D eigenvalue weighted by Gasteiger charge is 1.32. The van der Waals surface area contributed by atoms with Crippen LogP contribution in [0.15, 0.2) is 4.99 Å². The van der Waals surface area contributed by atoms with Gasteiger partial charge in [-0.3, -0.25) is 0 Å². The molecule has 0 fully saturated rings. The van der Waals surface area contributed by atoms with Crippen LogP contribution in [0.25, 0.3) is 0 Å². The average molecular weight is 135 g/mol. The molecule has 0 aromatic rings. The first-order valence-corrected chi connectivity index (χ1v) is 3.73. The van der Waals surface area contributed by atoms with E-state index in [-0.39, 0.29) is 0 Å². The van der Waals surface area contributed by atoms with Crippen LogP contribution in [-0.2, 0) is 0 Å². The lowest BCUT2D eigenvalue weighted by Gasteiger charge is -1.51. The molecule has 0 aromatic carbocycles. The van der Waals surface area contributed by atoms with Gasteiger partial charge in [-0.15, -0.1) is 0 Å². The van der Waals surface area contributed by atoms with Crippen LogP contribution in [0, 0.1) is 0 Å². The van der Waals surface area contributed by atoms with E-state index in [1.807, 2.05) is 12.5 Å². The van der Waals surface area contributed by atoms with Gasteiger partial charge in [0.05, 0.1) is 5.16 Å². The fourth-order valence-electron chi connectivity index (χ4n) is 0. The van der Waals surface area contributed by atoms with Crippen molar-refractivity contribution in [1.29, 1.82) is 0 Å². The van der Waals surface area contributed by atoms with Crippen LogP contribution >= 0.6 is 24.0 Å². The minimum Gasteiger partial charge on any atom is -0.236 e. The van der Waals surface area contributed by atoms with Crippen LogP contribution in [-0.4, -0.2) is 24.7 Å². The SMILES string of the molecule is CN=C=S.CSC. The third-order valence-electron chi connectivity index (χ3n) is 0.0913. The summed E-state index contributed by atoms with van der Waals surface area (Å²) in [5.74, 6) is 0. The highest BCUT2D eigenvalue weighted by atomic mass is 32.2. The van der Waals surface area contributed by atoms with Gasteiger partial charge in [0.25, 0.3) is 0 Å². The van der Waals surface area contributed by atoms with Crippen LogP contribution in [0.3, 0.4) is 0 Å². The predicted molar refractivity (Wildman–Crippen MR) is 40.4 cm³/mol. The fraction of sp³-hybridized carbons (Fsp3) is 0.750. The molecule has 0 radical (unpaired) electrons. The average Bonchev–Trinajstić information content (AvgIpc) is 1.69. The van der Waals surface area contributed by atoms with Crippen molar-refractivity contribution < 1.29 is 0 Å². The highest BCUT2D eigenvalue weighted by Crippen LogP contribution is 1.70. The Kier molecular flexibility index (Phi) is 23.9. The topological polar surface area (TPSA) is 12.4 Å². The largest absolute Gasteiger partial charge is 0.236 e. The molecule has 3 heteroatoms. The Bertz CT molecular complexity index is 56.7. The number of thioether (sulfide) groups is 1. The second-order valence-electron chi connectivity index (χ2n) is 0.723. The van der Waals surface area contributed by atoms with E-state index in [1.165, 1.54) is 0 Å². The predicted octanol–water partition coefficient (Wildman–Crippen LogP) is 1.70. The summed E-state index contributed by atoms with van der Waals surface area (Å²) in [6.07, 6.45) is 4.08. The van der Waals surface area contributed by atoms with E-state index in [2.05, 4.69) is 22.4 Å². The molecule has 0 atom stereocenters. The molecule has 0 aliphatic rings. The van der Waals surface area contributed by atoms with Crippen LogP contribution in [0.4, 0.5) is 0 Å². The summed E-state index contributed by atoms with van der Waals surface area (Å²) in [4.78, 5) is 3.30. The van der Waals surface area contributed by atoms with E-state index in [9.17, 15) is 0 Å². The summed E-state index contributed by atoms with van der Waals surface area (Å²) in [6.45, 7) is 0. The summed E-state index contributed by atoms with van der Waals surface area (Å²) in [6, 6.07) is 0. The monoisotopic (exact) mass is 135 g/mol. The molecule has 1 nitrogen and oxygen atoms in total. The summed E-state index contributed by atoms with van der Waals surface area (Å²) >= 11 is 5.89. The van der Waals surface area contributed by atoms with Crippen LogP contribution in [0.5, 0.6) is 0 Å². The van der Waals surface area contributed by atoms with Gasteiger partial charge in [0.1, 0.15) is 0 Å². The van der Waals surface area contributed by atoms with Gasteiger partial charge in [0.2, 0.25) is 0 Å². The van der Waals surface area contributed by atoms with Gasteiger partial charge in [0, 0.05) is 7.05 Å². The van der Waals surface area contributed by atoms with Crippen molar-refractivity contribution in [1.82, 2.24) is 0 Å². The molecule has 0 rings (SSSR count). The number of thiocarbonyl (C=S) groups is 1. The van der Waals surface area contributed by atoms with Gasteiger partial charge in [-0.05, 0) is 24.7 Å². The first-order chi connectivity index (χ1) is 3.33. The third kappa shape index (κ3) is 80.1. The van der Waals surface area contributed by atoms with Gasteiger partial charge >= 0.3 is 0 Å². The van der Waals surface area contributed by atoms with Gasteiger partial charge in [-0.2, -0.15) is 11.8 Å². The molecule has 0 bridgehead atoms. The number of isothiocyanates is 1. The zero-order chi connectivity index (χ0) is 6.12. The number of hydrogen-bond acceptors (Lipinski definition) is 3. The third-order valence-corrected chi connectivity index (χ3v) is 0.274. The van der Waals surface area contributed by atoms with Crippen molar-refractivity contribution in [2.45, 2.75) is 0 Å².